The Bertz CT molecular complexity index is 1310. The van der Waals surface area contributed by atoms with Gasteiger partial charge in [0.2, 0.25) is 0 Å². The second kappa shape index (κ2) is 10.2. The van der Waals surface area contributed by atoms with Crippen LogP contribution in [-0.2, 0) is 11.3 Å². The van der Waals surface area contributed by atoms with Crippen LogP contribution in [0.5, 0.6) is 5.75 Å². The van der Waals surface area contributed by atoms with Crippen molar-refractivity contribution in [2.24, 2.45) is 0 Å². The van der Waals surface area contributed by atoms with Crippen LogP contribution in [0.3, 0.4) is 0 Å². The maximum Gasteiger partial charge on any atom is 0.255 e. The molecule has 0 saturated carbocycles. The molecular formula is C27H30N4O3S. The highest BCUT2D eigenvalue weighted by Gasteiger charge is 2.27. The lowest BCUT2D eigenvalue weighted by Crippen LogP contribution is -2.37. The van der Waals surface area contributed by atoms with E-state index in [1.54, 1.807) is 24.6 Å². The van der Waals surface area contributed by atoms with Gasteiger partial charge in [0.1, 0.15) is 5.75 Å². The van der Waals surface area contributed by atoms with E-state index in [1.165, 1.54) is 0 Å². The zero-order valence-corrected chi connectivity index (χ0v) is 21.1. The minimum absolute atomic E-state index is 0.0288. The van der Waals surface area contributed by atoms with Gasteiger partial charge in [0.25, 0.3) is 5.91 Å². The number of benzene rings is 1. The molecule has 1 fully saturated rings. The predicted octanol–water partition coefficient (Wildman–Crippen LogP) is 5.57. The first kappa shape index (κ1) is 23.5. The normalized spacial score (nSPS) is 15.7. The number of hydrogen-bond acceptors (Lipinski definition) is 6. The average Bonchev–Trinajstić information content (AvgIpc) is 3.64. The number of amides is 1. The van der Waals surface area contributed by atoms with Crippen molar-refractivity contribution in [2.45, 2.75) is 45.4 Å². The molecule has 0 radical (unpaired) electrons. The monoisotopic (exact) mass is 490 g/mol. The Morgan fingerprint density at radius 3 is 2.86 bits per heavy atom. The van der Waals surface area contributed by atoms with E-state index in [-0.39, 0.29) is 18.1 Å². The molecule has 1 aromatic carbocycles. The third kappa shape index (κ3) is 4.81. The molecule has 1 saturated heterocycles. The Kier molecular flexibility index (Phi) is 6.83. The van der Waals surface area contributed by atoms with Crippen LogP contribution in [0.1, 0.15) is 48.7 Å². The largest absolute Gasteiger partial charge is 0.496 e. The Hall–Kier alpha value is -3.23. The van der Waals surface area contributed by atoms with Crippen LogP contribution >= 0.6 is 11.3 Å². The molecule has 8 heteroatoms. The number of rotatable bonds is 8. The molecule has 5 rings (SSSR count). The van der Waals surface area contributed by atoms with Crippen LogP contribution in [0, 0.1) is 0 Å². The molecule has 7 nitrogen and oxygen atoms in total. The van der Waals surface area contributed by atoms with Gasteiger partial charge in [-0.1, -0.05) is 24.3 Å². The number of pyridine rings is 1. The quantitative estimate of drug-likeness (QED) is 0.323. The van der Waals surface area contributed by atoms with Gasteiger partial charge in [-0.2, -0.15) is 5.10 Å². The molecule has 1 aliphatic heterocycles. The number of methoxy groups -OCH3 is 1. The van der Waals surface area contributed by atoms with Crippen molar-refractivity contribution >= 4 is 28.3 Å². The molecule has 0 aliphatic carbocycles. The third-order valence-electron chi connectivity index (χ3n) is 6.35. The maximum atomic E-state index is 14.2. The molecule has 0 spiro atoms. The van der Waals surface area contributed by atoms with Gasteiger partial charge in [-0.05, 0) is 50.3 Å². The Labute approximate surface area is 209 Å². The topological polar surface area (TPSA) is 69.5 Å². The molecular weight excluding hydrogens is 460 g/mol. The number of hydrogen-bond donors (Lipinski definition) is 0. The second-order valence-electron chi connectivity index (χ2n) is 9.09. The van der Waals surface area contributed by atoms with E-state index in [4.69, 9.17) is 14.5 Å². The first-order valence-corrected chi connectivity index (χ1v) is 12.9. The highest BCUT2D eigenvalue weighted by Crippen LogP contribution is 2.31. The first-order chi connectivity index (χ1) is 17.0. The van der Waals surface area contributed by atoms with Crippen LogP contribution in [0.25, 0.3) is 21.6 Å². The van der Waals surface area contributed by atoms with Crippen molar-refractivity contribution in [2.75, 3.05) is 20.3 Å². The smallest absolute Gasteiger partial charge is 0.255 e. The predicted molar refractivity (Wildman–Crippen MR) is 138 cm³/mol. The highest BCUT2D eigenvalue weighted by molar-refractivity contribution is 7.13. The van der Waals surface area contributed by atoms with E-state index in [0.717, 1.165) is 52.4 Å². The Morgan fingerprint density at radius 2 is 2.14 bits per heavy atom. The standard InChI is InChI=1S/C27H30N4O3S/c1-18(2)31-26-22(15-28-31)21(14-23(29-26)25-11-7-13-35-25)27(32)30(17-20-9-6-12-34-20)16-19-8-4-5-10-24(19)33-3/h4-5,7-8,10-11,13-15,18,20H,6,9,12,16-17H2,1-3H3. The molecule has 4 aromatic rings. The lowest BCUT2D eigenvalue weighted by atomic mass is 10.1. The van der Waals surface area contributed by atoms with Gasteiger partial charge in [0.15, 0.2) is 5.65 Å². The number of carbonyl (C=O) groups is 1. The van der Waals surface area contributed by atoms with Crippen LogP contribution in [0.2, 0.25) is 0 Å². The zero-order valence-electron chi connectivity index (χ0n) is 20.3. The van der Waals surface area contributed by atoms with E-state index in [0.29, 0.717) is 18.7 Å². The number of fused-ring (bicyclic) bond motifs is 1. The SMILES string of the molecule is COc1ccccc1CN(CC1CCCO1)C(=O)c1cc(-c2cccs2)nc2c1cnn2C(C)C. The van der Waals surface area contributed by atoms with Gasteiger partial charge in [-0.25, -0.2) is 9.67 Å². The Balaban J connectivity index is 1.59. The van der Waals surface area contributed by atoms with Gasteiger partial charge in [-0.15, -0.1) is 11.3 Å². The summed E-state index contributed by atoms with van der Waals surface area (Å²) in [6.07, 6.45) is 3.76. The second-order valence-corrected chi connectivity index (χ2v) is 10.0. The molecule has 1 amide bonds. The van der Waals surface area contributed by atoms with E-state index < -0.39 is 0 Å². The fourth-order valence-corrected chi connectivity index (χ4v) is 5.27. The summed E-state index contributed by atoms with van der Waals surface area (Å²) in [6, 6.07) is 13.9. The summed E-state index contributed by atoms with van der Waals surface area (Å²) in [5.41, 5.74) is 3.08. The van der Waals surface area contributed by atoms with Crippen molar-refractivity contribution in [3.63, 3.8) is 0 Å². The molecule has 0 N–H and O–H groups in total. The van der Waals surface area contributed by atoms with Gasteiger partial charge in [-0.3, -0.25) is 4.79 Å². The van der Waals surface area contributed by atoms with Crippen molar-refractivity contribution in [3.05, 3.63) is 65.2 Å². The van der Waals surface area contributed by atoms with Crippen LogP contribution in [0.4, 0.5) is 0 Å². The zero-order chi connectivity index (χ0) is 24.4. The fourth-order valence-electron chi connectivity index (χ4n) is 4.59. The van der Waals surface area contributed by atoms with Crippen molar-refractivity contribution in [3.8, 4) is 16.3 Å². The molecule has 0 bridgehead atoms. The molecule has 4 heterocycles. The number of aromatic nitrogens is 3. The number of nitrogens with zero attached hydrogens (tertiary/aromatic N) is 4. The van der Waals surface area contributed by atoms with Crippen LogP contribution in [0.15, 0.2) is 54.0 Å². The van der Waals surface area contributed by atoms with Crippen LogP contribution < -0.4 is 4.74 Å². The van der Waals surface area contributed by atoms with Crippen molar-refractivity contribution < 1.29 is 14.3 Å². The molecule has 182 valence electrons. The summed E-state index contributed by atoms with van der Waals surface area (Å²) >= 11 is 1.61. The minimum atomic E-state index is -0.0556. The summed E-state index contributed by atoms with van der Waals surface area (Å²) < 4.78 is 13.4. The number of thiophene rings is 1. The van der Waals surface area contributed by atoms with E-state index in [9.17, 15) is 4.79 Å². The molecule has 1 unspecified atom stereocenters. The Morgan fingerprint density at radius 1 is 1.29 bits per heavy atom. The van der Waals surface area contributed by atoms with Gasteiger partial charge < -0.3 is 14.4 Å². The molecule has 3 aromatic heterocycles. The summed E-state index contributed by atoms with van der Waals surface area (Å²) in [4.78, 5) is 22.0. The number of carbonyl (C=O) groups excluding carboxylic acids is 1. The van der Waals surface area contributed by atoms with E-state index >= 15 is 0 Å². The minimum Gasteiger partial charge on any atom is -0.496 e. The lowest BCUT2D eigenvalue weighted by Gasteiger charge is -2.27. The van der Waals surface area contributed by atoms with Gasteiger partial charge in [0.05, 0.1) is 40.9 Å². The summed E-state index contributed by atoms with van der Waals surface area (Å²) in [5.74, 6) is 0.712. The summed E-state index contributed by atoms with van der Waals surface area (Å²) in [5, 5.41) is 7.36. The van der Waals surface area contributed by atoms with E-state index in [2.05, 4.69) is 18.9 Å². The van der Waals surface area contributed by atoms with Crippen LogP contribution in [-0.4, -0.2) is 51.9 Å². The lowest BCUT2D eigenvalue weighted by molar-refractivity contribution is 0.0507. The maximum absolute atomic E-state index is 14.2. The first-order valence-electron chi connectivity index (χ1n) is 12.0. The van der Waals surface area contributed by atoms with Gasteiger partial charge >= 0.3 is 0 Å². The fraction of sp³-hybridized carbons (Fsp3) is 0.370. The van der Waals surface area contributed by atoms with Crippen molar-refractivity contribution in [1.29, 1.82) is 0 Å². The van der Waals surface area contributed by atoms with Gasteiger partial charge in [0, 0.05) is 31.3 Å². The highest BCUT2D eigenvalue weighted by atomic mass is 32.1. The third-order valence-corrected chi connectivity index (χ3v) is 7.24. The van der Waals surface area contributed by atoms with E-state index in [1.807, 2.05) is 57.4 Å². The molecule has 1 aliphatic rings. The summed E-state index contributed by atoms with van der Waals surface area (Å²) in [7, 11) is 1.66. The van der Waals surface area contributed by atoms with Crippen molar-refractivity contribution in [1.82, 2.24) is 19.7 Å². The molecule has 35 heavy (non-hydrogen) atoms. The number of para-hydroxylation sites is 1. The number of ether oxygens (including phenoxy) is 2. The molecule has 1 atom stereocenters. The summed E-state index contributed by atoms with van der Waals surface area (Å²) in [6.45, 7) is 5.83. The average molecular weight is 491 g/mol.